The number of hydrogen-bond donors (Lipinski definition) is 1. The summed E-state index contributed by atoms with van der Waals surface area (Å²) in [5, 5.41) is 3.20. The van der Waals surface area contributed by atoms with E-state index in [9.17, 15) is 4.39 Å². The van der Waals surface area contributed by atoms with E-state index in [0.29, 0.717) is 17.4 Å². The molecule has 1 aromatic carbocycles. The van der Waals surface area contributed by atoms with Crippen LogP contribution in [0.3, 0.4) is 0 Å². The molecule has 4 heteroatoms. The van der Waals surface area contributed by atoms with Crippen LogP contribution in [0.25, 0.3) is 11.5 Å². The molecule has 0 unspecified atom stereocenters. The first-order valence-corrected chi connectivity index (χ1v) is 5.68. The second-order valence-corrected chi connectivity index (χ2v) is 4.33. The lowest BCUT2D eigenvalue weighted by atomic mass is 9.98. The van der Waals surface area contributed by atoms with Crippen molar-refractivity contribution in [2.75, 3.05) is 13.1 Å². The summed E-state index contributed by atoms with van der Waals surface area (Å²) < 4.78 is 18.7. The van der Waals surface area contributed by atoms with Crippen LogP contribution in [0.15, 0.2) is 28.7 Å². The van der Waals surface area contributed by atoms with Crippen molar-refractivity contribution in [3.63, 3.8) is 0 Å². The van der Waals surface area contributed by atoms with Gasteiger partial charge in [0.2, 0.25) is 5.89 Å². The second kappa shape index (κ2) is 3.96. The van der Waals surface area contributed by atoms with E-state index in [2.05, 4.69) is 10.3 Å². The number of nitrogens with one attached hydrogen (secondary N) is 1. The highest BCUT2D eigenvalue weighted by Crippen LogP contribution is 2.28. The van der Waals surface area contributed by atoms with Gasteiger partial charge in [-0.1, -0.05) is 6.07 Å². The Kier molecular flexibility index (Phi) is 2.44. The van der Waals surface area contributed by atoms with E-state index in [4.69, 9.17) is 4.42 Å². The molecule has 0 aliphatic carbocycles. The fourth-order valence-electron chi connectivity index (χ4n) is 2.01. The highest BCUT2D eigenvalue weighted by atomic mass is 19.1. The van der Waals surface area contributed by atoms with Gasteiger partial charge in [-0.3, -0.25) is 0 Å². The molecule has 2 aromatic rings. The van der Waals surface area contributed by atoms with E-state index >= 15 is 0 Å². The predicted octanol–water partition coefficient (Wildman–Crippen LogP) is 2.48. The zero-order valence-electron chi connectivity index (χ0n) is 9.53. The van der Waals surface area contributed by atoms with E-state index < -0.39 is 0 Å². The van der Waals surface area contributed by atoms with E-state index in [-0.39, 0.29) is 5.82 Å². The maximum absolute atomic E-state index is 13.1. The van der Waals surface area contributed by atoms with Crippen LogP contribution in [0.1, 0.15) is 17.4 Å². The quantitative estimate of drug-likeness (QED) is 0.864. The molecule has 0 spiro atoms. The Morgan fingerprint density at radius 3 is 2.88 bits per heavy atom. The van der Waals surface area contributed by atoms with Crippen LogP contribution in [-0.4, -0.2) is 18.1 Å². The molecule has 88 valence electrons. The van der Waals surface area contributed by atoms with E-state index in [0.717, 1.165) is 24.5 Å². The molecule has 1 aromatic heterocycles. The number of oxazole rings is 1. The summed E-state index contributed by atoms with van der Waals surface area (Å²) in [7, 11) is 0. The highest BCUT2D eigenvalue weighted by Gasteiger charge is 2.25. The minimum atomic E-state index is -0.273. The number of halogens is 1. The number of aromatic nitrogens is 1. The normalized spacial score (nSPS) is 15.9. The van der Waals surface area contributed by atoms with E-state index in [1.165, 1.54) is 12.1 Å². The number of aryl methyl sites for hydroxylation is 1. The molecule has 3 nitrogen and oxygen atoms in total. The van der Waals surface area contributed by atoms with Gasteiger partial charge in [-0.2, -0.15) is 0 Å². The Balaban J connectivity index is 1.98. The Labute approximate surface area is 98.7 Å². The third-order valence-electron chi connectivity index (χ3n) is 3.07. The lowest BCUT2D eigenvalue weighted by Gasteiger charge is -2.25. The van der Waals surface area contributed by atoms with Crippen molar-refractivity contribution in [3.05, 3.63) is 41.5 Å². The smallest absolute Gasteiger partial charge is 0.226 e. The molecule has 1 saturated heterocycles. The molecule has 0 bridgehead atoms. The van der Waals surface area contributed by atoms with Crippen molar-refractivity contribution in [1.29, 1.82) is 0 Å². The van der Waals surface area contributed by atoms with Gasteiger partial charge >= 0.3 is 0 Å². The maximum atomic E-state index is 13.1. The van der Waals surface area contributed by atoms with Crippen LogP contribution in [0.4, 0.5) is 4.39 Å². The molecule has 0 radical (unpaired) electrons. The Hall–Kier alpha value is -1.68. The molecule has 2 heterocycles. The van der Waals surface area contributed by atoms with Gasteiger partial charge in [-0.05, 0) is 25.1 Å². The van der Waals surface area contributed by atoms with Crippen molar-refractivity contribution >= 4 is 0 Å². The summed E-state index contributed by atoms with van der Waals surface area (Å²) in [6.45, 7) is 3.79. The molecule has 17 heavy (non-hydrogen) atoms. The van der Waals surface area contributed by atoms with Crippen LogP contribution in [0.5, 0.6) is 0 Å². The molecular weight excluding hydrogens is 219 g/mol. The zero-order valence-corrected chi connectivity index (χ0v) is 9.53. The van der Waals surface area contributed by atoms with Gasteiger partial charge in [-0.25, -0.2) is 9.37 Å². The van der Waals surface area contributed by atoms with Crippen LogP contribution in [0.2, 0.25) is 0 Å². The molecule has 0 saturated carbocycles. The van der Waals surface area contributed by atoms with Gasteiger partial charge in [0.15, 0.2) is 0 Å². The summed E-state index contributed by atoms with van der Waals surface area (Å²) in [6, 6.07) is 6.32. The monoisotopic (exact) mass is 232 g/mol. The fraction of sp³-hybridized carbons (Fsp3) is 0.308. The molecule has 3 rings (SSSR count). The van der Waals surface area contributed by atoms with Crippen LogP contribution in [0, 0.1) is 12.7 Å². The minimum absolute atomic E-state index is 0.273. The molecule has 0 atom stereocenters. The van der Waals surface area contributed by atoms with Crippen molar-refractivity contribution in [2.45, 2.75) is 12.8 Å². The molecule has 0 amide bonds. The summed E-state index contributed by atoms with van der Waals surface area (Å²) in [5.41, 5.74) is 1.68. The standard InChI is InChI=1S/C13H13FN2O/c1-8-12(10-6-15-7-10)16-13(17-8)9-3-2-4-11(14)5-9/h2-5,10,15H,6-7H2,1H3. The molecule has 1 aliphatic rings. The first-order chi connectivity index (χ1) is 8.24. The SMILES string of the molecule is Cc1oc(-c2cccc(F)c2)nc1C1CNC1. The van der Waals surface area contributed by atoms with Crippen molar-refractivity contribution in [2.24, 2.45) is 0 Å². The third kappa shape index (κ3) is 1.85. The van der Waals surface area contributed by atoms with E-state index in [1.54, 1.807) is 12.1 Å². The second-order valence-electron chi connectivity index (χ2n) is 4.33. The fourth-order valence-corrected chi connectivity index (χ4v) is 2.01. The summed E-state index contributed by atoms with van der Waals surface area (Å²) >= 11 is 0. The van der Waals surface area contributed by atoms with Crippen molar-refractivity contribution in [1.82, 2.24) is 10.3 Å². The van der Waals surface area contributed by atoms with Crippen LogP contribution in [-0.2, 0) is 0 Å². The van der Waals surface area contributed by atoms with Gasteiger partial charge in [-0.15, -0.1) is 0 Å². The lowest BCUT2D eigenvalue weighted by Crippen LogP contribution is -2.40. The average molecular weight is 232 g/mol. The minimum Gasteiger partial charge on any atom is -0.441 e. The number of rotatable bonds is 2. The number of nitrogens with zero attached hydrogens (tertiary/aromatic N) is 1. The molecule has 1 aliphatic heterocycles. The Morgan fingerprint density at radius 1 is 1.41 bits per heavy atom. The Morgan fingerprint density at radius 2 is 2.24 bits per heavy atom. The van der Waals surface area contributed by atoms with Crippen molar-refractivity contribution < 1.29 is 8.81 Å². The number of benzene rings is 1. The first kappa shape index (κ1) is 10.5. The summed E-state index contributed by atoms with van der Waals surface area (Å²) in [6.07, 6.45) is 0. The van der Waals surface area contributed by atoms with Gasteiger partial charge in [0.1, 0.15) is 11.6 Å². The topological polar surface area (TPSA) is 38.1 Å². The van der Waals surface area contributed by atoms with Crippen molar-refractivity contribution in [3.8, 4) is 11.5 Å². The van der Waals surface area contributed by atoms with Gasteiger partial charge < -0.3 is 9.73 Å². The predicted molar refractivity (Wildman–Crippen MR) is 62.2 cm³/mol. The molecule has 1 N–H and O–H groups in total. The lowest BCUT2D eigenvalue weighted by molar-refractivity contribution is 0.433. The first-order valence-electron chi connectivity index (χ1n) is 5.68. The van der Waals surface area contributed by atoms with Gasteiger partial charge in [0.25, 0.3) is 0 Å². The summed E-state index contributed by atoms with van der Waals surface area (Å²) in [5.74, 6) is 1.49. The van der Waals surface area contributed by atoms with Crippen LogP contribution >= 0.6 is 0 Å². The maximum Gasteiger partial charge on any atom is 0.226 e. The number of hydrogen-bond acceptors (Lipinski definition) is 3. The Bertz CT molecular complexity index is 546. The highest BCUT2D eigenvalue weighted by molar-refractivity contribution is 5.53. The van der Waals surface area contributed by atoms with Gasteiger partial charge in [0.05, 0.1) is 5.69 Å². The molecule has 1 fully saturated rings. The van der Waals surface area contributed by atoms with E-state index in [1.807, 2.05) is 6.92 Å². The van der Waals surface area contributed by atoms with Crippen LogP contribution < -0.4 is 5.32 Å². The summed E-state index contributed by atoms with van der Waals surface area (Å²) in [4.78, 5) is 4.47. The zero-order chi connectivity index (χ0) is 11.8. The van der Waals surface area contributed by atoms with Gasteiger partial charge in [0, 0.05) is 24.6 Å². The average Bonchev–Trinajstić information content (AvgIpc) is 2.59. The molecular formula is C13H13FN2O. The third-order valence-corrected chi connectivity index (χ3v) is 3.07. The largest absolute Gasteiger partial charge is 0.441 e.